The Morgan fingerprint density at radius 2 is 2.33 bits per heavy atom. The third-order valence-electron chi connectivity index (χ3n) is 1.83. The maximum atomic E-state index is 11.4. The van der Waals surface area contributed by atoms with E-state index < -0.39 is 0 Å². The molecule has 0 aromatic carbocycles. The van der Waals surface area contributed by atoms with Crippen LogP contribution >= 0.6 is 11.6 Å². The predicted molar refractivity (Wildman–Crippen MR) is 53.6 cm³/mol. The van der Waals surface area contributed by atoms with Gasteiger partial charge in [-0.25, -0.2) is 4.98 Å². The van der Waals surface area contributed by atoms with Crippen LogP contribution in [-0.2, 0) is 13.6 Å². The van der Waals surface area contributed by atoms with Gasteiger partial charge >= 0.3 is 0 Å². The molecule has 0 radical (unpaired) electrons. The van der Waals surface area contributed by atoms with Crippen molar-refractivity contribution in [1.82, 2.24) is 24.5 Å². The monoisotopic (exact) mass is 225 g/mol. The molecule has 0 aliphatic rings. The lowest BCUT2D eigenvalue weighted by Crippen LogP contribution is -2.20. The Morgan fingerprint density at radius 1 is 1.53 bits per heavy atom. The number of aromatic nitrogens is 5. The summed E-state index contributed by atoms with van der Waals surface area (Å²) in [5, 5.41) is 7.82. The first kappa shape index (κ1) is 9.85. The van der Waals surface area contributed by atoms with Crippen LogP contribution in [0.5, 0.6) is 0 Å². The summed E-state index contributed by atoms with van der Waals surface area (Å²) < 4.78 is 2.99. The summed E-state index contributed by atoms with van der Waals surface area (Å²) in [6, 6.07) is 1.26. The van der Waals surface area contributed by atoms with Crippen molar-refractivity contribution >= 4 is 11.6 Å². The Balaban J connectivity index is 2.28. The van der Waals surface area contributed by atoms with Crippen LogP contribution in [-0.4, -0.2) is 24.5 Å². The number of rotatable bonds is 2. The van der Waals surface area contributed by atoms with Crippen LogP contribution in [0.15, 0.2) is 23.4 Å². The Bertz CT molecular complexity index is 532. The number of hydrogen-bond donors (Lipinski definition) is 0. The molecule has 78 valence electrons. The molecule has 15 heavy (non-hydrogen) atoms. The van der Waals surface area contributed by atoms with Gasteiger partial charge in [-0.15, -0.1) is 5.10 Å². The molecule has 2 aromatic rings. The van der Waals surface area contributed by atoms with E-state index in [1.54, 1.807) is 17.9 Å². The summed E-state index contributed by atoms with van der Waals surface area (Å²) >= 11 is 5.57. The van der Waals surface area contributed by atoms with Gasteiger partial charge in [-0.3, -0.25) is 14.0 Å². The number of hydrogen-bond acceptors (Lipinski definition) is 4. The zero-order valence-corrected chi connectivity index (χ0v) is 8.72. The molecular weight excluding hydrogens is 218 g/mol. The standard InChI is InChI=1S/C8H8ClN5O/c1-13-3-6(11-12-13)4-14-5-10-7(9)2-8(14)15/h2-3,5H,4H2,1H3. The van der Waals surface area contributed by atoms with Crippen molar-refractivity contribution < 1.29 is 0 Å². The average Bonchev–Trinajstić information content (AvgIpc) is 2.56. The van der Waals surface area contributed by atoms with Gasteiger partial charge in [0.2, 0.25) is 0 Å². The highest BCUT2D eigenvalue weighted by Gasteiger charge is 2.02. The molecule has 0 fully saturated rings. The van der Waals surface area contributed by atoms with Crippen LogP contribution in [0.1, 0.15) is 5.69 Å². The second kappa shape index (κ2) is 3.82. The summed E-state index contributed by atoms with van der Waals surface area (Å²) in [5.41, 5.74) is 0.490. The fourth-order valence-corrected chi connectivity index (χ4v) is 1.30. The molecule has 0 N–H and O–H groups in total. The normalized spacial score (nSPS) is 10.5. The van der Waals surface area contributed by atoms with Gasteiger partial charge < -0.3 is 0 Å². The van der Waals surface area contributed by atoms with Crippen molar-refractivity contribution in [2.24, 2.45) is 7.05 Å². The molecule has 2 heterocycles. The van der Waals surface area contributed by atoms with E-state index in [0.717, 1.165) is 0 Å². The van der Waals surface area contributed by atoms with E-state index in [0.29, 0.717) is 12.2 Å². The number of halogens is 1. The molecule has 0 saturated heterocycles. The Morgan fingerprint density at radius 3 is 2.93 bits per heavy atom. The first-order valence-electron chi connectivity index (χ1n) is 4.22. The topological polar surface area (TPSA) is 65.6 Å². The van der Waals surface area contributed by atoms with E-state index in [9.17, 15) is 4.79 Å². The van der Waals surface area contributed by atoms with Gasteiger partial charge in [0.05, 0.1) is 12.9 Å². The maximum absolute atomic E-state index is 11.4. The first-order chi connectivity index (χ1) is 7.15. The molecule has 0 bridgehead atoms. The lowest BCUT2D eigenvalue weighted by Gasteiger charge is -2.00. The molecule has 2 rings (SSSR count). The zero-order chi connectivity index (χ0) is 10.8. The van der Waals surface area contributed by atoms with Crippen LogP contribution in [0, 0.1) is 0 Å². The smallest absolute Gasteiger partial charge is 0.255 e. The van der Waals surface area contributed by atoms with E-state index in [4.69, 9.17) is 11.6 Å². The molecule has 0 amide bonds. The van der Waals surface area contributed by atoms with Crippen LogP contribution in [0.3, 0.4) is 0 Å². The van der Waals surface area contributed by atoms with Crippen LogP contribution in [0.2, 0.25) is 5.15 Å². The molecule has 7 heteroatoms. The van der Waals surface area contributed by atoms with E-state index in [-0.39, 0.29) is 10.7 Å². The Hall–Kier alpha value is -1.69. The highest BCUT2D eigenvalue weighted by atomic mass is 35.5. The van der Waals surface area contributed by atoms with Crippen LogP contribution in [0.25, 0.3) is 0 Å². The minimum atomic E-state index is -0.208. The third kappa shape index (κ3) is 2.21. The van der Waals surface area contributed by atoms with Crippen LogP contribution in [0.4, 0.5) is 0 Å². The average molecular weight is 226 g/mol. The molecule has 0 saturated carbocycles. The fourth-order valence-electron chi connectivity index (χ4n) is 1.16. The molecule has 2 aromatic heterocycles. The second-order valence-electron chi connectivity index (χ2n) is 3.06. The molecule has 0 atom stereocenters. The van der Waals surface area contributed by atoms with Crippen molar-refractivity contribution in [2.75, 3.05) is 0 Å². The lowest BCUT2D eigenvalue weighted by molar-refractivity contribution is 0.699. The van der Waals surface area contributed by atoms with E-state index in [2.05, 4.69) is 15.3 Å². The Labute approximate surface area is 90.1 Å². The quantitative estimate of drug-likeness (QED) is 0.679. The third-order valence-corrected chi connectivity index (χ3v) is 2.04. The van der Waals surface area contributed by atoms with Gasteiger partial charge in [0.1, 0.15) is 10.8 Å². The second-order valence-corrected chi connectivity index (χ2v) is 3.45. The van der Waals surface area contributed by atoms with Gasteiger partial charge in [-0.05, 0) is 0 Å². The maximum Gasteiger partial charge on any atom is 0.255 e. The van der Waals surface area contributed by atoms with E-state index in [1.165, 1.54) is 17.0 Å². The van der Waals surface area contributed by atoms with Crippen molar-refractivity contribution in [3.8, 4) is 0 Å². The first-order valence-corrected chi connectivity index (χ1v) is 4.60. The SMILES string of the molecule is Cn1cc(Cn2cnc(Cl)cc2=O)nn1. The van der Waals surface area contributed by atoms with Gasteiger partial charge in [-0.1, -0.05) is 16.8 Å². The molecule has 0 aliphatic heterocycles. The minimum Gasteiger partial charge on any atom is -0.293 e. The Kier molecular flexibility index (Phi) is 2.51. The number of aryl methyl sites for hydroxylation is 1. The molecule has 0 spiro atoms. The van der Waals surface area contributed by atoms with E-state index in [1.807, 2.05) is 0 Å². The minimum absolute atomic E-state index is 0.190. The highest BCUT2D eigenvalue weighted by molar-refractivity contribution is 6.29. The fraction of sp³-hybridized carbons (Fsp3) is 0.250. The van der Waals surface area contributed by atoms with Crippen LogP contribution < -0.4 is 5.56 Å². The van der Waals surface area contributed by atoms with Gasteiger partial charge in [0.25, 0.3) is 5.56 Å². The van der Waals surface area contributed by atoms with Gasteiger partial charge in [-0.2, -0.15) is 0 Å². The van der Waals surface area contributed by atoms with Gasteiger partial charge in [0.15, 0.2) is 0 Å². The molecule has 0 unspecified atom stereocenters. The largest absolute Gasteiger partial charge is 0.293 e. The summed E-state index contributed by atoms with van der Waals surface area (Å²) in [4.78, 5) is 15.3. The summed E-state index contributed by atoms with van der Waals surface area (Å²) in [5.74, 6) is 0. The summed E-state index contributed by atoms with van der Waals surface area (Å²) in [6.45, 7) is 0.344. The van der Waals surface area contributed by atoms with Gasteiger partial charge in [0, 0.05) is 19.3 Å². The highest BCUT2D eigenvalue weighted by Crippen LogP contribution is 1.98. The molecule has 0 aliphatic carbocycles. The lowest BCUT2D eigenvalue weighted by atomic mass is 10.4. The molecule has 6 nitrogen and oxygen atoms in total. The van der Waals surface area contributed by atoms with Crippen molar-refractivity contribution in [3.63, 3.8) is 0 Å². The zero-order valence-electron chi connectivity index (χ0n) is 7.96. The van der Waals surface area contributed by atoms with E-state index >= 15 is 0 Å². The molecular formula is C8H8ClN5O. The van der Waals surface area contributed by atoms with Crippen molar-refractivity contribution in [1.29, 1.82) is 0 Å². The van der Waals surface area contributed by atoms with Crippen molar-refractivity contribution in [3.05, 3.63) is 39.8 Å². The summed E-state index contributed by atoms with van der Waals surface area (Å²) in [7, 11) is 1.76. The van der Waals surface area contributed by atoms with Crippen molar-refractivity contribution in [2.45, 2.75) is 6.54 Å². The predicted octanol–water partition coefficient (Wildman–Crippen LogP) is 0.0735. The number of nitrogens with zero attached hydrogens (tertiary/aromatic N) is 5. The summed E-state index contributed by atoms with van der Waals surface area (Å²) in [6.07, 6.45) is 3.13.